The van der Waals surface area contributed by atoms with Crippen LogP contribution in [0.3, 0.4) is 0 Å². The number of rotatable bonds is 6. The average molecular weight is 352 g/mol. The van der Waals surface area contributed by atoms with Crippen LogP contribution in [0.4, 0.5) is 0 Å². The molecule has 2 aliphatic rings. The van der Waals surface area contributed by atoms with Crippen molar-refractivity contribution in [1.82, 2.24) is 10.2 Å². The summed E-state index contributed by atoms with van der Waals surface area (Å²) in [7, 11) is 3.43. The monoisotopic (exact) mass is 352 g/mol. The highest BCUT2D eigenvalue weighted by Crippen LogP contribution is 2.42. The number of ether oxygens (including phenoxy) is 2. The van der Waals surface area contributed by atoms with Gasteiger partial charge in [-0.3, -0.25) is 4.90 Å². The summed E-state index contributed by atoms with van der Waals surface area (Å²) in [5.74, 6) is 1.74. The minimum atomic E-state index is 0.418. The fourth-order valence-corrected chi connectivity index (χ4v) is 4.39. The Bertz CT molecular complexity index is 775. The third kappa shape index (κ3) is 3.31. The van der Waals surface area contributed by atoms with Gasteiger partial charge < -0.3 is 14.8 Å². The van der Waals surface area contributed by atoms with E-state index in [1.165, 1.54) is 28.7 Å². The fourth-order valence-electron chi connectivity index (χ4n) is 4.39. The van der Waals surface area contributed by atoms with Crippen LogP contribution in [0.1, 0.15) is 34.7 Å². The van der Waals surface area contributed by atoms with Gasteiger partial charge in [-0.2, -0.15) is 0 Å². The Morgan fingerprint density at radius 2 is 1.88 bits per heavy atom. The van der Waals surface area contributed by atoms with E-state index >= 15 is 0 Å². The number of benzene rings is 2. The van der Waals surface area contributed by atoms with Gasteiger partial charge in [0.15, 0.2) is 11.5 Å². The van der Waals surface area contributed by atoms with Gasteiger partial charge in [0.25, 0.3) is 0 Å². The Morgan fingerprint density at radius 1 is 1.04 bits per heavy atom. The van der Waals surface area contributed by atoms with Crippen molar-refractivity contribution >= 4 is 0 Å². The molecule has 2 aromatic carbocycles. The fraction of sp³-hybridized carbons (Fsp3) is 0.455. The highest BCUT2D eigenvalue weighted by Gasteiger charge is 2.27. The van der Waals surface area contributed by atoms with Gasteiger partial charge >= 0.3 is 0 Å². The number of hydrogen-bond donors (Lipinski definition) is 1. The molecule has 0 saturated heterocycles. The Labute approximate surface area is 156 Å². The van der Waals surface area contributed by atoms with Gasteiger partial charge in [-0.05, 0) is 42.0 Å². The number of fused-ring (bicyclic) bond motifs is 2. The van der Waals surface area contributed by atoms with Gasteiger partial charge in [-0.15, -0.1) is 0 Å². The second-order valence-electron chi connectivity index (χ2n) is 7.21. The minimum Gasteiger partial charge on any atom is -0.493 e. The van der Waals surface area contributed by atoms with Gasteiger partial charge in [0.2, 0.25) is 0 Å². The maximum Gasteiger partial charge on any atom is 0.164 e. The molecule has 0 unspecified atom stereocenters. The molecule has 4 nitrogen and oxygen atoms in total. The van der Waals surface area contributed by atoms with E-state index in [-0.39, 0.29) is 0 Å². The molecule has 0 spiro atoms. The van der Waals surface area contributed by atoms with E-state index in [1.807, 2.05) is 6.07 Å². The first-order chi connectivity index (χ1) is 12.8. The Morgan fingerprint density at radius 3 is 2.69 bits per heavy atom. The summed E-state index contributed by atoms with van der Waals surface area (Å²) < 4.78 is 11.0. The van der Waals surface area contributed by atoms with Gasteiger partial charge in [0.05, 0.1) is 14.2 Å². The number of hydrogen-bond acceptors (Lipinski definition) is 4. The lowest BCUT2D eigenvalue weighted by Gasteiger charge is -2.29. The summed E-state index contributed by atoms with van der Waals surface area (Å²) in [5.41, 5.74) is 5.67. The molecular weight excluding hydrogens is 324 g/mol. The predicted molar refractivity (Wildman–Crippen MR) is 104 cm³/mol. The molecule has 2 aromatic rings. The SMILES string of the molecule is COc1ccc2c(c1OC)CC[C@H]2NCCN1CCc2ccccc2C1. The molecule has 1 heterocycles. The van der Waals surface area contributed by atoms with E-state index < -0.39 is 0 Å². The quantitative estimate of drug-likeness (QED) is 0.865. The van der Waals surface area contributed by atoms with Gasteiger partial charge in [0.1, 0.15) is 0 Å². The van der Waals surface area contributed by atoms with Crippen molar-refractivity contribution in [2.24, 2.45) is 0 Å². The molecule has 0 bridgehead atoms. The van der Waals surface area contributed by atoms with Gasteiger partial charge in [-0.25, -0.2) is 0 Å². The van der Waals surface area contributed by atoms with Crippen LogP contribution in [0.2, 0.25) is 0 Å². The van der Waals surface area contributed by atoms with E-state index in [2.05, 4.69) is 40.5 Å². The lowest BCUT2D eigenvalue weighted by molar-refractivity contribution is 0.250. The maximum absolute atomic E-state index is 5.60. The average Bonchev–Trinajstić information content (AvgIpc) is 3.10. The molecule has 1 aliphatic carbocycles. The van der Waals surface area contributed by atoms with Gasteiger partial charge in [0, 0.05) is 37.8 Å². The summed E-state index contributed by atoms with van der Waals surface area (Å²) in [6.45, 7) is 4.34. The largest absolute Gasteiger partial charge is 0.493 e. The molecule has 0 aromatic heterocycles. The van der Waals surface area contributed by atoms with E-state index in [4.69, 9.17) is 9.47 Å². The summed E-state index contributed by atoms with van der Waals surface area (Å²) in [4.78, 5) is 2.56. The molecule has 1 atom stereocenters. The molecule has 0 fully saturated rings. The van der Waals surface area contributed by atoms with Crippen molar-refractivity contribution in [3.05, 3.63) is 58.7 Å². The molecule has 26 heavy (non-hydrogen) atoms. The summed E-state index contributed by atoms with van der Waals surface area (Å²) in [6, 6.07) is 13.5. The maximum atomic E-state index is 5.60. The van der Waals surface area contributed by atoms with Gasteiger partial charge in [-0.1, -0.05) is 30.3 Å². The molecule has 138 valence electrons. The van der Waals surface area contributed by atoms with Crippen LogP contribution >= 0.6 is 0 Å². The van der Waals surface area contributed by atoms with Crippen LogP contribution < -0.4 is 14.8 Å². The van der Waals surface area contributed by atoms with Crippen LogP contribution in [-0.4, -0.2) is 38.8 Å². The van der Waals surface area contributed by atoms with E-state index in [0.717, 1.165) is 50.5 Å². The van der Waals surface area contributed by atoms with Crippen LogP contribution in [0, 0.1) is 0 Å². The Hall–Kier alpha value is -2.04. The summed E-state index contributed by atoms with van der Waals surface area (Å²) in [6.07, 6.45) is 3.34. The molecule has 4 heteroatoms. The lowest BCUT2D eigenvalue weighted by atomic mass is 10.00. The number of nitrogens with zero attached hydrogens (tertiary/aromatic N) is 1. The first-order valence-corrected chi connectivity index (χ1v) is 9.56. The van der Waals surface area contributed by atoms with Crippen molar-refractivity contribution in [2.75, 3.05) is 33.9 Å². The van der Waals surface area contributed by atoms with Crippen molar-refractivity contribution in [3.8, 4) is 11.5 Å². The first kappa shape index (κ1) is 17.4. The third-order valence-corrected chi connectivity index (χ3v) is 5.77. The molecule has 0 radical (unpaired) electrons. The smallest absolute Gasteiger partial charge is 0.164 e. The number of nitrogens with one attached hydrogen (secondary N) is 1. The predicted octanol–water partition coefficient (Wildman–Crippen LogP) is 3.34. The highest BCUT2D eigenvalue weighted by atomic mass is 16.5. The number of methoxy groups -OCH3 is 2. The van der Waals surface area contributed by atoms with E-state index in [0.29, 0.717) is 6.04 Å². The molecule has 1 N–H and O–H groups in total. The second-order valence-corrected chi connectivity index (χ2v) is 7.21. The van der Waals surface area contributed by atoms with Crippen LogP contribution in [0.5, 0.6) is 11.5 Å². The zero-order valence-corrected chi connectivity index (χ0v) is 15.8. The molecule has 0 saturated carbocycles. The van der Waals surface area contributed by atoms with Crippen molar-refractivity contribution in [2.45, 2.75) is 31.8 Å². The Balaban J connectivity index is 1.35. The Kier molecular flexibility index (Phi) is 5.14. The molecule has 1 aliphatic heterocycles. The zero-order valence-electron chi connectivity index (χ0n) is 15.8. The summed E-state index contributed by atoms with van der Waals surface area (Å²) >= 11 is 0. The van der Waals surface area contributed by atoms with E-state index in [1.54, 1.807) is 14.2 Å². The van der Waals surface area contributed by atoms with Crippen LogP contribution in [0.15, 0.2) is 36.4 Å². The summed E-state index contributed by atoms with van der Waals surface area (Å²) in [5, 5.41) is 3.76. The topological polar surface area (TPSA) is 33.7 Å². The minimum absolute atomic E-state index is 0.418. The molecule has 4 rings (SSSR count). The molecule has 0 amide bonds. The van der Waals surface area contributed by atoms with Crippen molar-refractivity contribution < 1.29 is 9.47 Å². The third-order valence-electron chi connectivity index (χ3n) is 5.77. The highest BCUT2D eigenvalue weighted by molar-refractivity contribution is 5.53. The standard InChI is InChI=1S/C22H28N2O2/c1-25-21-10-8-18-19(22(21)26-2)7-9-20(18)23-12-14-24-13-11-16-5-3-4-6-17(16)15-24/h3-6,8,10,20,23H,7,9,11-15H2,1-2H3/t20-/m1/s1. The zero-order chi connectivity index (χ0) is 17.9. The lowest BCUT2D eigenvalue weighted by Crippen LogP contribution is -2.36. The van der Waals surface area contributed by atoms with Crippen molar-refractivity contribution in [3.63, 3.8) is 0 Å². The normalized spacial score (nSPS) is 19.1. The van der Waals surface area contributed by atoms with Crippen LogP contribution in [0.25, 0.3) is 0 Å². The molecular formula is C22H28N2O2. The van der Waals surface area contributed by atoms with Crippen LogP contribution in [-0.2, 0) is 19.4 Å². The van der Waals surface area contributed by atoms with E-state index in [9.17, 15) is 0 Å². The van der Waals surface area contributed by atoms with Crippen molar-refractivity contribution in [1.29, 1.82) is 0 Å². The second kappa shape index (κ2) is 7.68. The first-order valence-electron chi connectivity index (χ1n) is 9.56.